The fourth-order valence-corrected chi connectivity index (χ4v) is 1.47. The van der Waals surface area contributed by atoms with Crippen molar-refractivity contribution in [3.63, 3.8) is 0 Å². The molecule has 1 aliphatic carbocycles. The molecular formula is C11H11NO3. The number of aliphatic imine (C=N–C) groups is 1. The first-order valence-electron chi connectivity index (χ1n) is 4.78. The van der Waals surface area contributed by atoms with Crippen molar-refractivity contribution in [3.05, 3.63) is 35.3 Å². The standard InChI is InChI=1S/C11H11NO3/c1-2-15-11(14)10-5-7-3-4-8(13)6-9(7)12-10/h3,5-6,13H,2,4H2,1H3. The van der Waals surface area contributed by atoms with Crippen molar-refractivity contribution in [2.75, 3.05) is 6.61 Å². The molecule has 1 N–H and O–H groups in total. The third-order valence-corrected chi connectivity index (χ3v) is 2.15. The van der Waals surface area contributed by atoms with Crippen LogP contribution in [0, 0.1) is 0 Å². The Hall–Kier alpha value is -1.84. The van der Waals surface area contributed by atoms with Crippen LogP contribution < -0.4 is 0 Å². The van der Waals surface area contributed by atoms with Gasteiger partial charge in [0.05, 0.1) is 18.1 Å². The number of carbonyl (C=O) groups is 1. The maximum absolute atomic E-state index is 11.4. The van der Waals surface area contributed by atoms with Gasteiger partial charge in [-0.15, -0.1) is 0 Å². The van der Waals surface area contributed by atoms with Gasteiger partial charge >= 0.3 is 5.97 Å². The summed E-state index contributed by atoms with van der Waals surface area (Å²) in [6.45, 7) is 2.08. The number of hydrogen-bond donors (Lipinski definition) is 1. The second kappa shape index (κ2) is 3.73. The summed E-state index contributed by atoms with van der Waals surface area (Å²) in [5.74, 6) is -0.163. The van der Waals surface area contributed by atoms with Gasteiger partial charge in [0.2, 0.25) is 0 Å². The van der Waals surface area contributed by atoms with Crippen LogP contribution in [0.2, 0.25) is 0 Å². The molecule has 1 heterocycles. The summed E-state index contributed by atoms with van der Waals surface area (Å²) >= 11 is 0. The van der Waals surface area contributed by atoms with Crippen LogP contribution in [0.5, 0.6) is 0 Å². The van der Waals surface area contributed by atoms with Crippen LogP contribution >= 0.6 is 0 Å². The number of ether oxygens (including phenoxy) is 1. The van der Waals surface area contributed by atoms with Crippen molar-refractivity contribution >= 4 is 11.7 Å². The van der Waals surface area contributed by atoms with Gasteiger partial charge in [-0.05, 0) is 18.6 Å². The minimum atomic E-state index is -0.423. The van der Waals surface area contributed by atoms with E-state index in [2.05, 4.69) is 4.99 Å². The molecule has 15 heavy (non-hydrogen) atoms. The molecule has 0 amide bonds. The van der Waals surface area contributed by atoms with Crippen molar-refractivity contribution < 1.29 is 14.6 Å². The summed E-state index contributed by atoms with van der Waals surface area (Å²) in [6.07, 6.45) is 5.57. The van der Waals surface area contributed by atoms with Crippen molar-refractivity contribution in [3.8, 4) is 0 Å². The zero-order valence-corrected chi connectivity index (χ0v) is 8.36. The molecule has 0 radical (unpaired) electrons. The van der Waals surface area contributed by atoms with E-state index < -0.39 is 5.97 Å². The van der Waals surface area contributed by atoms with Gasteiger partial charge in [-0.3, -0.25) is 0 Å². The van der Waals surface area contributed by atoms with Crippen LogP contribution in [-0.2, 0) is 9.53 Å². The maximum Gasteiger partial charge on any atom is 0.356 e. The van der Waals surface area contributed by atoms with Gasteiger partial charge in [0, 0.05) is 12.5 Å². The Labute approximate surface area is 87.3 Å². The third kappa shape index (κ3) is 1.83. The molecule has 4 heteroatoms. The van der Waals surface area contributed by atoms with Gasteiger partial charge in [0.15, 0.2) is 0 Å². The van der Waals surface area contributed by atoms with Gasteiger partial charge in [-0.1, -0.05) is 6.08 Å². The van der Waals surface area contributed by atoms with Crippen molar-refractivity contribution in [2.45, 2.75) is 13.3 Å². The molecule has 2 aliphatic rings. The number of nitrogens with zero attached hydrogens (tertiary/aromatic N) is 1. The van der Waals surface area contributed by atoms with E-state index in [1.807, 2.05) is 6.08 Å². The second-order valence-electron chi connectivity index (χ2n) is 3.25. The average molecular weight is 205 g/mol. The van der Waals surface area contributed by atoms with Crippen molar-refractivity contribution in [1.29, 1.82) is 0 Å². The summed E-state index contributed by atoms with van der Waals surface area (Å²) in [5.41, 5.74) is 1.79. The molecule has 0 fully saturated rings. The Bertz CT molecular complexity index is 427. The number of esters is 1. The number of aliphatic hydroxyl groups is 1. The van der Waals surface area contributed by atoms with E-state index >= 15 is 0 Å². The molecule has 0 saturated heterocycles. The van der Waals surface area contributed by atoms with Gasteiger partial charge < -0.3 is 9.84 Å². The highest BCUT2D eigenvalue weighted by Gasteiger charge is 2.21. The zero-order valence-electron chi connectivity index (χ0n) is 8.36. The summed E-state index contributed by atoms with van der Waals surface area (Å²) in [7, 11) is 0. The predicted molar refractivity (Wildman–Crippen MR) is 55.6 cm³/mol. The molecule has 0 aromatic rings. The first-order chi connectivity index (χ1) is 7.20. The quantitative estimate of drug-likeness (QED) is 0.697. The van der Waals surface area contributed by atoms with Crippen molar-refractivity contribution in [2.24, 2.45) is 4.99 Å². The Kier molecular flexibility index (Phi) is 2.41. The highest BCUT2D eigenvalue weighted by Crippen LogP contribution is 2.23. The van der Waals surface area contributed by atoms with E-state index in [1.54, 1.807) is 19.1 Å². The number of hydrogen-bond acceptors (Lipinski definition) is 4. The van der Waals surface area contributed by atoms with Crippen LogP contribution in [0.4, 0.5) is 0 Å². The van der Waals surface area contributed by atoms with Gasteiger partial charge in [-0.25, -0.2) is 9.79 Å². The molecule has 0 atom stereocenters. The molecule has 2 rings (SSSR count). The van der Waals surface area contributed by atoms with E-state index in [0.29, 0.717) is 24.4 Å². The lowest BCUT2D eigenvalue weighted by Gasteiger charge is -2.04. The second-order valence-corrected chi connectivity index (χ2v) is 3.25. The van der Waals surface area contributed by atoms with Gasteiger partial charge in [0.1, 0.15) is 5.70 Å². The minimum absolute atomic E-state index is 0.260. The SMILES string of the molecule is CCOC(=O)C1=CC2=CCC(O)=CC2=N1. The van der Waals surface area contributed by atoms with E-state index in [9.17, 15) is 9.90 Å². The lowest BCUT2D eigenvalue weighted by atomic mass is 10.0. The first kappa shape index (κ1) is 9.71. The molecule has 78 valence electrons. The number of aliphatic hydroxyl groups excluding tert-OH is 1. The maximum atomic E-state index is 11.4. The van der Waals surface area contributed by atoms with Crippen LogP contribution in [0.15, 0.2) is 40.2 Å². The highest BCUT2D eigenvalue weighted by atomic mass is 16.5. The number of allylic oxidation sites excluding steroid dienone is 4. The topological polar surface area (TPSA) is 58.9 Å². The monoisotopic (exact) mass is 205 g/mol. The average Bonchev–Trinajstić information content (AvgIpc) is 2.60. The molecule has 0 aromatic heterocycles. The zero-order chi connectivity index (χ0) is 10.8. The molecular weight excluding hydrogens is 194 g/mol. The smallest absolute Gasteiger partial charge is 0.356 e. The van der Waals surface area contributed by atoms with E-state index in [-0.39, 0.29) is 5.76 Å². The summed E-state index contributed by atoms with van der Waals surface area (Å²) < 4.78 is 4.83. The Morgan fingerprint density at radius 3 is 3.13 bits per heavy atom. The summed E-state index contributed by atoms with van der Waals surface area (Å²) in [4.78, 5) is 15.4. The molecule has 0 saturated carbocycles. The summed E-state index contributed by atoms with van der Waals surface area (Å²) in [5, 5.41) is 9.28. The van der Waals surface area contributed by atoms with Gasteiger partial charge in [-0.2, -0.15) is 0 Å². The van der Waals surface area contributed by atoms with E-state index in [0.717, 1.165) is 5.57 Å². The highest BCUT2D eigenvalue weighted by molar-refractivity contribution is 6.16. The number of rotatable bonds is 2. The molecule has 0 unspecified atom stereocenters. The lowest BCUT2D eigenvalue weighted by Crippen LogP contribution is -2.04. The van der Waals surface area contributed by atoms with E-state index in [1.165, 1.54) is 0 Å². The first-order valence-corrected chi connectivity index (χ1v) is 4.78. The van der Waals surface area contributed by atoms with Crippen LogP contribution in [0.3, 0.4) is 0 Å². The van der Waals surface area contributed by atoms with Gasteiger partial charge in [0.25, 0.3) is 0 Å². The predicted octanol–water partition coefficient (Wildman–Crippen LogP) is 1.66. The summed E-state index contributed by atoms with van der Waals surface area (Å²) in [6, 6.07) is 0. The fraction of sp³-hybridized carbons (Fsp3) is 0.273. The Morgan fingerprint density at radius 1 is 1.60 bits per heavy atom. The van der Waals surface area contributed by atoms with Crippen LogP contribution in [-0.4, -0.2) is 23.4 Å². The molecule has 4 nitrogen and oxygen atoms in total. The van der Waals surface area contributed by atoms with E-state index in [4.69, 9.17) is 4.74 Å². The third-order valence-electron chi connectivity index (χ3n) is 2.15. The minimum Gasteiger partial charge on any atom is -0.512 e. The lowest BCUT2D eigenvalue weighted by molar-refractivity contribution is -0.138. The molecule has 0 spiro atoms. The Morgan fingerprint density at radius 2 is 2.40 bits per heavy atom. The fourth-order valence-electron chi connectivity index (χ4n) is 1.47. The number of carbonyl (C=O) groups excluding carboxylic acids is 1. The normalized spacial score (nSPS) is 18.5. The largest absolute Gasteiger partial charge is 0.512 e. The molecule has 1 aliphatic heterocycles. The molecule has 0 bridgehead atoms. The molecule has 0 aromatic carbocycles. The van der Waals surface area contributed by atoms with Crippen molar-refractivity contribution in [1.82, 2.24) is 0 Å². The Balaban J connectivity index is 2.23. The number of fused-ring (bicyclic) bond motifs is 1. The van der Waals surface area contributed by atoms with Crippen LogP contribution in [0.25, 0.3) is 0 Å². The van der Waals surface area contributed by atoms with Crippen LogP contribution in [0.1, 0.15) is 13.3 Å².